The first-order valence-electron chi connectivity index (χ1n) is 10.4. The monoisotopic (exact) mass is 394 g/mol. The molecule has 0 aromatic heterocycles. The van der Waals surface area contributed by atoms with Gasteiger partial charge in [0.15, 0.2) is 0 Å². The van der Waals surface area contributed by atoms with Crippen molar-refractivity contribution in [1.29, 1.82) is 0 Å². The van der Waals surface area contributed by atoms with Gasteiger partial charge in [0.05, 0.1) is 12.6 Å². The summed E-state index contributed by atoms with van der Waals surface area (Å²) in [5.74, 6) is -1.16. The Bertz CT molecular complexity index is 357. The van der Waals surface area contributed by atoms with Crippen molar-refractivity contribution in [3.63, 3.8) is 0 Å². The molecule has 0 aliphatic heterocycles. The maximum atomic E-state index is 11.8. The van der Waals surface area contributed by atoms with Crippen LogP contribution in [-0.2, 0) is 9.59 Å². The number of nitrogens with one attached hydrogen (secondary N) is 1. The molecule has 0 rings (SSSR count). The van der Waals surface area contributed by atoms with E-state index in [9.17, 15) is 14.7 Å². The van der Waals surface area contributed by atoms with Gasteiger partial charge in [-0.1, -0.05) is 71.1 Å². The number of amides is 1. The van der Waals surface area contributed by atoms with Crippen LogP contribution >= 0.6 is 0 Å². The third-order valence-electron chi connectivity index (χ3n) is 4.53. The third kappa shape index (κ3) is 22.0. The number of rotatable bonds is 19. The second-order valence-corrected chi connectivity index (χ2v) is 7.01. The van der Waals surface area contributed by atoms with E-state index in [1.54, 1.807) is 4.90 Å². The number of aliphatic hydroxyl groups is 1. The second-order valence-electron chi connectivity index (χ2n) is 7.01. The van der Waals surface area contributed by atoms with Crippen molar-refractivity contribution >= 4 is 11.9 Å². The van der Waals surface area contributed by atoms with Gasteiger partial charge in [0.25, 0.3) is 0 Å². The van der Waals surface area contributed by atoms with E-state index in [0.717, 1.165) is 12.8 Å². The summed E-state index contributed by atoms with van der Waals surface area (Å²) in [6, 6.07) is 0. The summed E-state index contributed by atoms with van der Waals surface area (Å²) in [6.45, 7) is 2.96. The molecule has 0 unspecified atom stereocenters. The first kappa shape index (κ1) is 29.1. The van der Waals surface area contributed by atoms with E-state index in [0.29, 0.717) is 19.5 Å². The molecule has 0 aliphatic rings. The van der Waals surface area contributed by atoms with Gasteiger partial charge in [-0.15, -0.1) is 0 Å². The van der Waals surface area contributed by atoms with Gasteiger partial charge < -0.3 is 20.3 Å². The van der Waals surface area contributed by atoms with Crippen molar-refractivity contribution in [3.05, 3.63) is 0 Å². The van der Waals surface area contributed by atoms with E-state index in [-0.39, 0.29) is 55.2 Å². The van der Waals surface area contributed by atoms with E-state index in [2.05, 4.69) is 12.2 Å². The summed E-state index contributed by atoms with van der Waals surface area (Å²) in [5.41, 5.74) is 0. The van der Waals surface area contributed by atoms with Crippen LogP contribution in [-0.4, -0.2) is 54.7 Å². The van der Waals surface area contributed by atoms with Crippen LogP contribution in [0, 0.1) is 0 Å². The van der Waals surface area contributed by atoms with Gasteiger partial charge in [-0.3, -0.25) is 9.69 Å². The van der Waals surface area contributed by atoms with Gasteiger partial charge in [0.1, 0.15) is 0 Å². The van der Waals surface area contributed by atoms with Crippen LogP contribution in [0.15, 0.2) is 0 Å². The van der Waals surface area contributed by atoms with Gasteiger partial charge in [-0.25, -0.2) is 0 Å². The number of aliphatic hydroxyl groups excluding tert-OH is 1. The van der Waals surface area contributed by atoms with Crippen molar-refractivity contribution in [2.45, 2.75) is 84.0 Å². The molecular formula is C20H39N2NaO4. The summed E-state index contributed by atoms with van der Waals surface area (Å²) in [5, 5.41) is 22.3. The minimum absolute atomic E-state index is 0. The van der Waals surface area contributed by atoms with Crippen LogP contribution in [0.3, 0.4) is 0 Å². The van der Waals surface area contributed by atoms with Crippen molar-refractivity contribution in [3.8, 4) is 0 Å². The van der Waals surface area contributed by atoms with Crippen LogP contribution in [0.4, 0.5) is 0 Å². The zero-order valence-corrected chi connectivity index (χ0v) is 19.6. The van der Waals surface area contributed by atoms with Gasteiger partial charge in [-0.2, -0.15) is 0 Å². The predicted molar refractivity (Wildman–Crippen MR) is 103 cm³/mol. The molecule has 0 atom stereocenters. The number of nitrogens with zero attached hydrogens (tertiary/aromatic N) is 1. The first-order valence-corrected chi connectivity index (χ1v) is 10.4. The third-order valence-corrected chi connectivity index (χ3v) is 4.53. The van der Waals surface area contributed by atoms with E-state index in [1.807, 2.05) is 0 Å². The fraction of sp³-hybridized carbons (Fsp3) is 0.900. The van der Waals surface area contributed by atoms with Crippen LogP contribution in [0.25, 0.3) is 0 Å². The Morgan fingerprint density at radius 3 is 1.89 bits per heavy atom. The molecule has 27 heavy (non-hydrogen) atoms. The number of carboxylic acid groups (broad SMARTS) is 1. The zero-order valence-electron chi connectivity index (χ0n) is 17.6. The van der Waals surface area contributed by atoms with Crippen molar-refractivity contribution in [1.82, 2.24) is 10.2 Å². The Hall–Kier alpha value is -0.140. The molecular weight excluding hydrogens is 355 g/mol. The zero-order chi connectivity index (χ0) is 19.5. The Balaban J connectivity index is 0. The van der Waals surface area contributed by atoms with Crippen molar-refractivity contribution in [2.24, 2.45) is 0 Å². The number of carbonyl (C=O) groups excluding carboxylic acids is 2. The van der Waals surface area contributed by atoms with Gasteiger partial charge in [0.2, 0.25) is 5.91 Å². The van der Waals surface area contributed by atoms with Crippen molar-refractivity contribution in [2.75, 3.05) is 32.8 Å². The van der Waals surface area contributed by atoms with E-state index < -0.39 is 5.97 Å². The number of aliphatic carboxylic acids is 1. The molecule has 0 bridgehead atoms. The van der Waals surface area contributed by atoms with Gasteiger partial charge in [0, 0.05) is 32.6 Å². The molecule has 6 nitrogen and oxygen atoms in total. The van der Waals surface area contributed by atoms with Crippen molar-refractivity contribution < 1.29 is 49.4 Å². The molecule has 0 aliphatic carbocycles. The normalized spacial score (nSPS) is 10.6. The largest absolute Gasteiger partial charge is 1.00 e. The number of hydrogen-bond acceptors (Lipinski definition) is 5. The molecule has 154 valence electrons. The Labute approximate surface area is 187 Å². The molecule has 0 aromatic rings. The molecule has 0 heterocycles. The SMILES string of the molecule is CCCCCCCCCCCCCC(=O)NCCN(CCO)CC(=O)[O-].[Na+]. The Morgan fingerprint density at radius 2 is 1.41 bits per heavy atom. The van der Waals surface area contributed by atoms with E-state index in [4.69, 9.17) is 5.11 Å². The maximum Gasteiger partial charge on any atom is 1.00 e. The Morgan fingerprint density at radius 1 is 0.889 bits per heavy atom. The summed E-state index contributed by atoms with van der Waals surface area (Å²) in [6.07, 6.45) is 14.4. The summed E-state index contributed by atoms with van der Waals surface area (Å²) in [4.78, 5) is 23.9. The van der Waals surface area contributed by atoms with Crippen LogP contribution in [0.5, 0.6) is 0 Å². The number of hydrogen-bond donors (Lipinski definition) is 2. The maximum absolute atomic E-state index is 11.8. The molecule has 1 amide bonds. The smallest absolute Gasteiger partial charge is 0.549 e. The average molecular weight is 395 g/mol. The number of unbranched alkanes of at least 4 members (excludes halogenated alkanes) is 10. The predicted octanol–water partition coefficient (Wildman–Crippen LogP) is -1.15. The molecule has 0 spiro atoms. The molecule has 2 N–H and O–H groups in total. The summed E-state index contributed by atoms with van der Waals surface area (Å²) in [7, 11) is 0. The minimum Gasteiger partial charge on any atom is -0.549 e. The first-order chi connectivity index (χ1) is 12.6. The number of carbonyl (C=O) groups is 2. The molecule has 0 saturated heterocycles. The van der Waals surface area contributed by atoms with E-state index in [1.165, 1.54) is 57.8 Å². The molecule has 0 fully saturated rings. The van der Waals surface area contributed by atoms with Crippen LogP contribution in [0.1, 0.15) is 84.0 Å². The molecule has 0 saturated carbocycles. The number of carboxylic acids is 1. The topological polar surface area (TPSA) is 92.7 Å². The Kier molecular flexibility index (Phi) is 23.8. The average Bonchev–Trinajstić information content (AvgIpc) is 2.59. The second kappa shape index (κ2) is 22.2. The fourth-order valence-electron chi connectivity index (χ4n) is 2.99. The summed E-state index contributed by atoms with van der Waals surface area (Å²) >= 11 is 0. The van der Waals surface area contributed by atoms with Crippen LogP contribution in [0.2, 0.25) is 0 Å². The molecule has 0 radical (unpaired) electrons. The standard InChI is InChI=1S/C20H40N2O4.Na/c1-2-3-4-5-6-7-8-9-10-11-12-13-19(24)21-14-15-22(16-17-23)18-20(25)26;/h23H,2-18H2,1H3,(H,21,24)(H,25,26);/q;+1/p-1. The van der Waals surface area contributed by atoms with Gasteiger partial charge >= 0.3 is 29.6 Å². The fourth-order valence-corrected chi connectivity index (χ4v) is 2.99. The quantitative estimate of drug-likeness (QED) is 0.213. The van der Waals surface area contributed by atoms with Gasteiger partial charge in [-0.05, 0) is 6.42 Å². The summed E-state index contributed by atoms with van der Waals surface area (Å²) < 4.78 is 0. The molecule has 7 heteroatoms. The van der Waals surface area contributed by atoms with E-state index >= 15 is 0 Å². The van der Waals surface area contributed by atoms with Crippen LogP contribution < -0.4 is 40.0 Å². The molecule has 0 aromatic carbocycles. The minimum atomic E-state index is -1.18.